The highest BCUT2D eigenvalue weighted by Crippen LogP contribution is 2.40. The van der Waals surface area contributed by atoms with Crippen molar-refractivity contribution in [2.24, 2.45) is 0 Å². The highest BCUT2D eigenvalue weighted by molar-refractivity contribution is 9.10. The van der Waals surface area contributed by atoms with Crippen LogP contribution in [0.5, 0.6) is 5.75 Å². The molecule has 32 heavy (non-hydrogen) atoms. The number of hydrogen-bond donors (Lipinski definition) is 1. The first-order chi connectivity index (χ1) is 15.2. The lowest BCUT2D eigenvalue weighted by Crippen LogP contribution is -2.30. The molecule has 1 aliphatic rings. The summed E-state index contributed by atoms with van der Waals surface area (Å²) in [7, 11) is 0. The molecule has 1 N–H and O–H groups in total. The van der Waals surface area contributed by atoms with Crippen LogP contribution in [0.1, 0.15) is 62.8 Å². The number of aliphatic hydroxyl groups is 1. The predicted octanol–water partition coefficient (Wildman–Crippen LogP) is 6.16. The Bertz CT molecular complexity index is 1030. The topological polar surface area (TPSA) is 66.8 Å². The number of carbonyl (C=O) groups excluding carboxylic acids is 2. The lowest BCUT2D eigenvalue weighted by Gasteiger charge is -2.25. The maximum absolute atomic E-state index is 13.1. The molecule has 2 aromatic rings. The molecular formula is C26H30BrNO4. The highest BCUT2D eigenvalue weighted by Gasteiger charge is 2.45. The quantitative estimate of drug-likeness (QED) is 0.204. The molecule has 0 saturated carbocycles. The Kier molecular flexibility index (Phi) is 7.77. The van der Waals surface area contributed by atoms with E-state index in [-0.39, 0.29) is 17.4 Å². The van der Waals surface area contributed by atoms with Gasteiger partial charge >= 0.3 is 0 Å². The SMILES string of the molecule is CCCCCN1C(=O)C(=O)/C(=C(\O)c2ccc(Br)c(C)c2)C1c1ccc(OC(C)C)cc1. The standard InChI is InChI=1S/C26H30BrNO4/c1-5-6-7-14-28-23(18-8-11-20(12-9-18)32-16(2)3)22(25(30)26(28)31)24(29)19-10-13-21(27)17(4)15-19/h8-13,15-16,23,29H,5-7,14H2,1-4H3/b24-22-. The van der Waals surface area contributed by atoms with Crippen LogP contribution in [-0.4, -0.2) is 34.3 Å². The van der Waals surface area contributed by atoms with E-state index in [0.29, 0.717) is 12.1 Å². The van der Waals surface area contributed by atoms with Crippen molar-refractivity contribution in [2.75, 3.05) is 6.54 Å². The van der Waals surface area contributed by atoms with Crippen LogP contribution in [0.25, 0.3) is 5.76 Å². The van der Waals surface area contributed by atoms with Gasteiger partial charge in [0, 0.05) is 16.6 Å². The van der Waals surface area contributed by atoms with Gasteiger partial charge in [0.1, 0.15) is 11.5 Å². The van der Waals surface area contributed by atoms with Gasteiger partial charge in [0.2, 0.25) is 0 Å². The van der Waals surface area contributed by atoms with Crippen molar-refractivity contribution in [3.63, 3.8) is 0 Å². The molecule has 0 aromatic heterocycles. The minimum atomic E-state index is -0.646. The summed E-state index contributed by atoms with van der Waals surface area (Å²) < 4.78 is 6.64. The van der Waals surface area contributed by atoms with Gasteiger partial charge < -0.3 is 14.7 Å². The van der Waals surface area contributed by atoms with E-state index in [1.54, 1.807) is 17.0 Å². The minimum Gasteiger partial charge on any atom is -0.507 e. The predicted molar refractivity (Wildman–Crippen MR) is 130 cm³/mol. The zero-order valence-corrected chi connectivity index (χ0v) is 20.6. The third-order valence-electron chi connectivity index (χ3n) is 5.54. The van der Waals surface area contributed by atoms with Crippen molar-refractivity contribution >= 4 is 33.4 Å². The number of aryl methyl sites for hydroxylation is 1. The summed E-state index contributed by atoms with van der Waals surface area (Å²) in [4.78, 5) is 27.6. The average Bonchev–Trinajstić information content (AvgIpc) is 3.00. The van der Waals surface area contributed by atoms with Crippen LogP contribution in [-0.2, 0) is 9.59 Å². The van der Waals surface area contributed by atoms with E-state index in [4.69, 9.17) is 4.74 Å². The van der Waals surface area contributed by atoms with Gasteiger partial charge in [0.25, 0.3) is 11.7 Å². The van der Waals surface area contributed by atoms with Crippen LogP contribution in [0.15, 0.2) is 52.5 Å². The van der Waals surface area contributed by atoms with Crippen molar-refractivity contribution in [2.45, 2.75) is 59.1 Å². The molecule has 0 bridgehead atoms. The van der Waals surface area contributed by atoms with Crippen LogP contribution in [0.4, 0.5) is 0 Å². The zero-order valence-electron chi connectivity index (χ0n) is 19.0. The Morgan fingerprint density at radius 1 is 1.12 bits per heavy atom. The fraction of sp³-hybridized carbons (Fsp3) is 0.385. The number of ether oxygens (including phenoxy) is 1. The molecule has 1 fully saturated rings. The van der Waals surface area contributed by atoms with E-state index in [1.807, 2.05) is 51.1 Å². The first-order valence-electron chi connectivity index (χ1n) is 11.1. The summed E-state index contributed by atoms with van der Waals surface area (Å²) >= 11 is 3.46. The number of unbranched alkanes of at least 4 members (excludes halogenated alkanes) is 2. The molecular weight excluding hydrogens is 470 g/mol. The summed E-state index contributed by atoms with van der Waals surface area (Å²) in [6.07, 6.45) is 2.81. The normalized spacial score (nSPS) is 17.9. The maximum atomic E-state index is 13.1. The van der Waals surface area contributed by atoms with Gasteiger partial charge in [-0.05, 0) is 62.6 Å². The van der Waals surface area contributed by atoms with Gasteiger partial charge in [-0.15, -0.1) is 0 Å². The molecule has 1 amide bonds. The average molecular weight is 500 g/mol. The van der Waals surface area contributed by atoms with Gasteiger partial charge in [0.05, 0.1) is 17.7 Å². The largest absolute Gasteiger partial charge is 0.507 e. The lowest BCUT2D eigenvalue weighted by molar-refractivity contribution is -0.139. The Labute approximate surface area is 198 Å². The van der Waals surface area contributed by atoms with E-state index in [1.165, 1.54) is 0 Å². The number of nitrogens with zero attached hydrogens (tertiary/aromatic N) is 1. The van der Waals surface area contributed by atoms with Crippen LogP contribution in [0.3, 0.4) is 0 Å². The molecule has 5 nitrogen and oxygen atoms in total. The second-order valence-electron chi connectivity index (χ2n) is 8.40. The number of Topliss-reactive ketones (excluding diaryl/α,β-unsaturated/α-hetero) is 1. The van der Waals surface area contributed by atoms with Crippen LogP contribution >= 0.6 is 15.9 Å². The molecule has 1 heterocycles. The number of hydrogen-bond acceptors (Lipinski definition) is 4. The number of halogens is 1. The number of benzene rings is 2. The fourth-order valence-corrected chi connectivity index (χ4v) is 4.18. The van der Waals surface area contributed by atoms with Gasteiger partial charge in [0.15, 0.2) is 0 Å². The second-order valence-corrected chi connectivity index (χ2v) is 9.25. The number of amides is 1. The molecule has 0 radical (unpaired) electrons. The lowest BCUT2D eigenvalue weighted by atomic mass is 9.94. The third-order valence-corrected chi connectivity index (χ3v) is 6.43. The first-order valence-corrected chi connectivity index (χ1v) is 11.9. The summed E-state index contributed by atoms with van der Waals surface area (Å²) in [6, 6.07) is 12.1. The molecule has 0 spiro atoms. The smallest absolute Gasteiger partial charge is 0.295 e. The number of ketones is 1. The van der Waals surface area contributed by atoms with Crippen molar-refractivity contribution in [3.05, 3.63) is 69.2 Å². The summed E-state index contributed by atoms with van der Waals surface area (Å²) in [5, 5.41) is 11.2. The monoisotopic (exact) mass is 499 g/mol. The van der Waals surface area contributed by atoms with Gasteiger partial charge in [-0.3, -0.25) is 9.59 Å². The summed E-state index contributed by atoms with van der Waals surface area (Å²) in [5.41, 5.74) is 2.35. The first kappa shape index (κ1) is 24.1. The molecule has 1 saturated heterocycles. The molecule has 1 unspecified atom stereocenters. The van der Waals surface area contributed by atoms with Crippen molar-refractivity contribution in [1.82, 2.24) is 4.90 Å². The molecule has 3 rings (SSSR count). The van der Waals surface area contributed by atoms with E-state index < -0.39 is 17.7 Å². The maximum Gasteiger partial charge on any atom is 0.295 e. The van der Waals surface area contributed by atoms with Crippen LogP contribution in [0, 0.1) is 6.92 Å². The van der Waals surface area contributed by atoms with Gasteiger partial charge in [-0.25, -0.2) is 0 Å². The molecule has 1 atom stereocenters. The number of rotatable bonds is 8. The molecule has 2 aromatic carbocycles. The van der Waals surface area contributed by atoms with Crippen LogP contribution in [0.2, 0.25) is 0 Å². The van der Waals surface area contributed by atoms with Crippen molar-refractivity contribution < 1.29 is 19.4 Å². The minimum absolute atomic E-state index is 0.0428. The Morgan fingerprint density at radius 2 is 1.81 bits per heavy atom. The number of aliphatic hydroxyl groups excluding tert-OH is 1. The Morgan fingerprint density at radius 3 is 2.41 bits per heavy atom. The van der Waals surface area contributed by atoms with Crippen LogP contribution < -0.4 is 4.74 Å². The van der Waals surface area contributed by atoms with E-state index >= 15 is 0 Å². The molecule has 6 heteroatoms. The second kappa shape index (κ2) is 10.3. The summed E-state index contributed by atoms with van der Waals surface area (Å²) in [6.45, 7) is 8.38. The van der Waals surface area contributed by atoms with E-state index in [9.17, 15) is 14.7 Å². The van der Waals surface area contributed by atoms with Gasteiger partial charge in [-0.1, -0.05) is 53.9 Å². The highest BCUT2D eigenvalue weighted by atomic mass is 79.9. The molecule has 1 aliphatic heterocycles. The number of likely N-dealkylation sites (tertiary alicyclic amines) is 1. The van der Waals surface area contributed by atoms with Crippen molar-refractivity contribution in [3.8, 4) is 5.75 Å². The van der Waals surface area contributed by atoms with E-state index in [2.05, 4.69) is 22.9 Å². The zero-order chi connectivity index (χ0) is 23.4. The summed E-state index contributed by atoms with van der Waals surface area (Å²) in [5.74, 6) is -0.643. The number of carbonyl (C=O) groups is 2. The molecule has 0 aliphatic carbocycles. The van der Waals surface area contributed by atoms with E-state index in [0.717, 1.165) is 40.6 Å². The van der Waals surface area contributed by atoms with Gasteiger partial charge in [-0.2, -0.15) is 0 Å². The Hall–Kier alpha value is -2.60. The Balaban J connectivity index is 2.09. The fourth-order valence-electron chi connectivity index (χ4n) is 3.94. The van der Waals surface area contributed by atoms with Crippen molar-refractivity contribution in [1.29, 1.82) is 0 Å². The molecule has 170 valence electrons. The third kappa shape index (κ3) is 5.07.